The van der Waals surface area contributed by atoms with Gasteiger partial charge < -0.3 is 10.1 Å². The van der Waals surface area contributed by atoms with Crippen molar-refractivity contribution < 1.29 is 9.53 Å². The summed E-state index contributed by atoms with van der Waals surface area (Å²) < 4.78 is 5.33. The highest BCUT2D eigenvalue weighted by Crippen LogP contribution is 2.34. The number of hydrogen-bond donors (Lipinski definition) is 1. The smallest absolute Gasteiger partial charge is 0.251 e. The van der Waals surface area contributed by atoms with E-state index in [4.69, 9.17) is 27.9 Å². The lowest BCUT2D eigenvalue weighted by atomic mass is 10.0. The van der Waals surface area contributed by atoms with Gasteiger partial charge in [-0.1, -0.05) is 30.1 Å². The van der Waals surface area contributed by atoms with Gasteiger partial charge in [0.25, 0.3) is 5.91 Å². The number of rotatable bonds is 5. The third-order valence-corrected chi connectivity index (χ3v) is 3.45. The first-order valence-electron chi connectivity index (χ1n) is 6.25. The van der Waals surface area contributed by atoms with E-state index >= 15 is 0 Å². The van der Waals surface area contributed by atoms with Gasteiger partial charge in [0.2, 0.25) is 0 Å². The Morgan fingerprint density at radius 1 is 1.26 bits per heavy atom. The van der Waals surface area contributed by atoms with E-state index in [-0.39, 0.29) is 11.4 Å². The highest BCUT2D eigenvalue weighted by Gasteiger charge is 2.20. The molecule has 5 heteroatoms. The molecule has 0 aromatic heterocycles. The summed E-state index contributed by atoms with van der Waals surface area (Å²) in [5.41, 5.74) is 0.161. The number of carbonyl (C=O) groups is 1. The molecule has 1 amide bonds. The monoisotopic (exact) mass is 303 g/mol. The van der Waals surface area contributed by atoms with Crippen molar-refractivity contribution in [2.75, 3.05) is 6.61 Å². The van der Waals surface area contributed by atoms with Gasteiger partial charge in [-0.05, 0) is 39.3 Å². The van der Waals surface area contributed by atoms with Gasteiger partial charge in [-0.15, -0.1) is 0 Å². The first kappa shape index (κ1) is 16.1. The molecule has 0 heterocycles. The molecule has 106 valence electrons. The fraction of sp³-hybridized carbons (Fsp3) is 0.500. The predicted molar refractivity (Wildman–Crippen MR) is 79.5 cm³/mol. The molecule has 0 bridgehead atoms. The molecule has 0 radical (unpaired) electrons. The molecule has 1 rings (SSSR count). The van der Waals surface area contributed by atoms with Gasteiger partial charge in [0.1, 0.15) is 0 Å². The summed E-state index contributed by atoms with van der Waals surface area (Å²) in [6, 6.07) is 3.14. The Balaban J connectivity index is 3.00. The molecule has 19 heavy (non-hydrogen) atoms. The SMILES string of the molecule is CCOc1c(Cl)cc(C(=O)NC(C)(C)CC)cc1Cl. The van der Waals surface area contributed by atoms with Crippen LogP contribution in [-0.2, 0) is 0 Å². The fourth-order valence-corrected chi connectivity index (χ4v) is 2.04. The number of amides is 1. The van der Waals surface area contributed by atoms with Gasteiger partial charge in [0.05, 0.1) is 16.7 Å². The third kappa shape index (κ3) is 4.29. The Hall–Kier alpha value is -0.930. The second-order valence-electron chi connectivity index (χ2n) is 4.89. The van der Waals surface area contributed by atoms with E-state index in [1.807, 2.05) is 27.7 Å². The maximum absolute atomic E-state index is 12.1. The molecular formula is C14H19Cl2NO2. The van der Waals surface area contributed by atoms with Crippen LogP contribution in [-0.4, -0.2) is 18.1 Å². The largest absolute Gasteiger partial charge is 0.491 e. The lowest BCUT2D eigenvalue weighted by Crippen LogP contribution is -2.42. The lowest BCUT2D eigenvalue weighted by Gasteiger charge is -2.24. The number of ether oxygens (including phenoxy) is 1. The van der Waals surface area contributed by atoms with Gasteiger partial charge >= 0.3 is 0 Å². The summed E-state index contributed by atoms with van der Waals surface area (Å²) in [5, 5.41) is 3.61. The number of hydrogen-bond acceptors (Lipinski definition) is 2. The topological polar surface area (TPSA) is 38.3 Å². The summed E-state index contributed by atoms with van der Waals surface area (Å²) in [5.74, 6) is 0.218. The van der Waals surface area contributed by atoms with Crippen LogP contribution >= 0.6 is 23.2 Å². The van der Waals surface area contributed by atoms with Crippen LogP contribution in [0.2, 0.25) is 10.0 Å². The molecular weight excluding hydrogens is 285 g/mol. The number of halogens is 2. The molecule has 0 unspecified atom stereocenters. The number of carbonyl (C=O) groups excluding carboxylic acids is 1. The summed E-state index contributed by atoms with van der Waals surface area (Å²) in [6.45, 7) is 8.24. The van der Waals surface area contributed by atoms with Crippen molar-refractivity contribution in [2.24, 2.45) is 0 Å². The fourth-order valence-electron chi connectivity index (χ4n) is 1.44. The summed E-state index contributed by atoms with van der Waals surface area (Å²) in [6.07, 6.45) is 0.831. The second-order valence-corrected chi connectivity index (χ2v) is 5.71. The first-order valence-corrected chi connectivity index (χ1v) is 7.00. The Morgan fingerprint density at radius 2 is 1.79 bits per heavy atom. The third-order valence-electron chi connectivity index (χ3n) is 2.88. The van der Waals surface area contributed by atoms with Crippen molar-refractivity contribution in [1.82, 2.24) is 5.32 Å². The van der Waals surface area contributed by atoms with Crippen LogP contribution in [0.3, 0.4) is 0 Å². The zero-order valence-electron chi connectivity index (χ0n) is 11.6. The van der Waals surface area contributed by atoms with Gasteiger partial charge in [-0.3, -0.25) is 4.79 Å². The Morgan fingerprint density at radius 3 is 2.21 bits per heavy atom. The van der Waals surface area contributed by atoms with Gasteiger partial charge in [-0.2, -0.15) is 0 Å². The highest BCUT2D eigenvalue weighted by atomic mass is 35.5. The maximum atomic E-state index is 12.1. The van der Waals surface area contributed by atoms with Crippen molar-refractivity contribution in [3.05, 3.63) is 27.7 Å². The van der Waals surface area contributed by atoms with Crippen LogP contribution in [0.15, 0.2) is 12.1 Å². The molecule has 0 fully saturated rings. The Labute approximate surface area is 124 Å². The van der Waals surface area contributed by atoms with Crippen LogP contribution in [0.25, 0.3) is 0 Å². The highest BCUT2D eigenvalue weighted by molar-refractivity contribution is 6.37. The molecule has 0 saturated heterocycles. The zero-order valence-corrected chi connectivity index (χ0v) is 13.2. The van der Waals surface area contributed by atoms with Crippen LogP contribution in [0.4, 0.5) is 0 Å². The molecule has 0 spiro atoms. The molecule has 3 nitrogen and oxygen atoms in total. The average molecular weight is 304 g/mol. The first-order chi connectivity index (χ1) is 8.80. The van der Waals surface area contributed by atoms with E-state index in [0.717, 1.165) is 6.42 Å². The van der Waals surface area contributed by atoms with Crippen LogP contribution in [0, 0.1) is 0 Å². The maximum Gasteiger partial charge on any atom is 0.251 e. The molecule has 0 aliphatic rings. The van der Waals surface area contributed by atoms with Gasteiger partial charge in [-0.25, -0.2) is 0 Å². The quantitative estimate of drug-likeness (QED) is 0.880. The van der Waals surface area contributed by atoms with E-state index in [9.17, 15) is 4.79 Å². The van der Waals surface area contributed by atoms with E-state index < -0.39 is 0 Å². The lowest BCUT2D eigenvalue weighted by molar-refractivity contribution is 0.0911. The molecule has 0 aliphatic heterocycles. The van der Waals surface area contributed by atoms with Crippen molar-refractivity contribution in [1.29, 1.82) is 0 Å². The summed E-state index contributed by atoms with van der Waals surface area (Å²) >= 11 is 12.1. The molecule has 1 aromatic carbocycles. The van der Waals surface area contributed by atoms with E-state index in [1.165, 1.54) is 0 Å². The van der Waals surface area contributed by atoms with Crippen LogP contribution < -0.4 is 10.1 Å². The summed E-state index contributed by atoms with van der Waals surface area (Å²) in [7, 11) is 0. The van der Waals surface area contributed by atoms with Crippen molar-refractivity contribution in [2.45, 2.75) is 39.7 Å². The predicted octanol–water partition coefficient (Wildman–Crippen LogP) is 4.31. The normalized spacial score (nSPS) is 11.3. The van der Waals surface area contributed by atoms with Crippen molar-refractivity contribution in [3.8, 4) is 5.75 Å². The number of nitrogens with one attached hydrogen (secondary N) is 1. The number of benzene rings is 1. The van der Waals surface area contributed by atoms with Crippen molar-refractivity contribution >= 4 is 29.1 Å². The van der Waals surface area contributed by atoms with E-state index in [1.54, 1.807) is 12.1 Å². The summed E-state index contributed by atoms with van der Waals surface area (Å²) in [4.78, 5) is 12.1. The zero-order chi connectivity index (χ0) is 14.6. The van der Waals surface area contributed by atoms with Crippen LogP contribution in [0.5, 0.6) is 5.75 Å². The molecule has 1 aromatic rings. The minimum atomic E-state index is -0.269. The van der Waals surface area contributed by atoms with E-state index in [2.05, 4.69) is 5.32 Å². The van der Waals surface area contributed by atoms with E-state index in [0.29, 0.717) is 28.0 Å². The van der Waals surface area contributed by atoms with Gasteiger partial charge in [0.15, 0.2) is 5.75 Å². The second kappa shape index (κ2) is 6.49. The average Bonchev–Trinajstić information content (AvgIpc) is 2.33. The molecule has 1 N–H and O–H groups in total. The van der Waals surface area contributed by atoms with Gasteiger partial charge in [0, 0.05) is 11.1 Å². The Bertz CT molecular complexity index is 450. The molecule has 0 aliphatic carbocycles. The van der Waals surface area contributed by atoms with Crippen LogP contribution in [0.1, 0.15) is 44.5 Å². The van der Waals surface area contributed by atoms with Crippen molar-refractivity contribution in [3.63, 3.8) is 0 Å². The Kier molecular flexibility index (Phi) is 5.50. The molecule has 0 atom stereocenters. The molecule has 0 saturated carbocycles. The minimum Gasteiger partial charge on any atom is -0.491 e. The standard InChI is InChI=1S/C14H19Cl2NO2/c1-5-14(3,4)17-13(18)9-7-10(15)12(19-6-2)11(16)8-9/h7-8H,5-6H2,1-4H3,(H,17,18). The minimum absolute atomic E-state index is 0.196.